The van der Waals surface area contributed by atoms with Crippen LogP contribution in [0.1, 0.15) is 45.1 Å². The maximum atomic E-state index is 13.5. The molecule has 3 atom stereocenters. The second-order valence-corrected chi connectivity index (χ2v) is 11.8. The molecule has 1 aromatic carbocycles. The number of benzene rings is 1. The number of aliphatic carboxylic acids is 1. The summed E-state index contributed by atoms with van der Waals surface area (Å²) in [6.45, 7) is 4.14. The first kappa shape index (κ1) is 25.9. The molecule has 9 heteroatoms. The molecule has 3 rings (SSSR count). The van der Waals surface area contributed by atoms with Gasteiger partial charge in [-0.1, -0.05) is 30.3 Å². The van der Waals surface area contributed by atoms with Crippen LogP contribution in [0.3, 0.4) is 0 Å². The molecular weight excluding hydrogens is 460 g/mol. The smallest absolute Gasteiger partial charge is 0.326 e. The maximum Gasteiger partial charge on any atom is 0.326 e. The van der Waals surface area contributed by atoms with Gasteiger partial charge in [-0.25, -0.2) is 4.79 Å². The average molecular weight is 495 g/mol. The third-order valence-corrected chi connectivity index (χ3v) is 9.54. The number of rotatable bonds is 9. The molecule has 1 spiro atoms. The minimum Gasteiger partial charge on any atom is -0.480 e. The molecule has 2 saturated heterocycles. The summed E-state index contributed by atoms with van der Waals surface area (Å²) in [5.41, 5.74) is 1.10. The molecule has 7 nitrogen and oxygen atoms in total. The van der Waals surface area contributed by atoms with Crippen molar-refractivity contribution in [1.82, 2.24) is 10.2 Å². The summed E-state index contributed by atoms with van der Waals surface area (Å²) in [5, 5.41) is 12.9. The van der Waals surface area contributed by atoms with Crippen LogP contribution in [0, 0.1) is 0 Å². The van der Waals surface area contributed by atoms with Crippen LogP contribution in [-0.4, -0.2) is 74.7 Å². The Morgan fingerprint density at radius 1 is 1.24 bits per heavy atom. The second kappa shape index (κ2) is 12.1. The van der Waals surface area contributed by atoms with Crippen molar-refractivity contribution in [3.8, 4) is 0 Å². The first-order chi connectivity index (χ1) is 15.8. The van der Waals surface area contributed by atoms with Crippen molar-refractivity contribution in [2.75, 3.05) is 24.7 Å². The fourth-order valence-electron chi connectivity index (χ4n) is 4.39. The predicted octanol–water partition coefficient (Wildman–Crippen LogP) is 3.17. The van der Waals surface area contributed by atoms with Gasteiger partial charge in [-0.15, -0.1) is 23.5 Å². The van der Waals surface area contributed by atoms with Crippen LogP contribution in [0.15, 0.2) is 30.3 Å². The number of carbonyl (C=O) groups is 3. The highest BCUT2D eigenvalue weighted by atomic mass is 32.2. The molecule has 2 aliphatic rings. The number of hydrogen-bond donors (Lipinski definition) is 2. The fourth-order valence-corrected chi connectivity index (χ4v) is 7.71. The molecule has 1 aromatic rings. The van der Waals surface area contributed by atoms with E-state index in [1.165, 1.54) is 4.90 Å². The van der Waals surface area contributed by atoms with E-state index in [1.807, 2.05) is 53.9 Å². The summed E-state index contributed by atoms with van der Waals surface area (Å²) in [7, 11) is 0. The number of carboxylic acids is 1. The van der Waals surface area contributed by atoms with Crippen LogP contribution in [-0.2, 0) is 25.5 Å². The lowest BCUT2D eigenvalue weighted by atomic mass is 9.99. The van der Waals surface area contributed by atoms with Crippen molar-refractivity contribution in [3.05, 3.63) is 35.9 Å². The molecule has 1 amide bonds. The van der Waals surface area contributed by atoms with E-state index >= 15 is 0 Å². The first-order valence-electron chi connectivity index (χ1n) is 11.6. The number of carboxylic acid groups (broad SMARTS) is 1. The van der Waals surface area contributed by atoms with E-state index in [0.29, 0.717) is 25.8 Å². The zero-order valence-corrected chi connectivity index (χ0v) is 21.0. The molecule has 0 saturated carbocycles. The molecular formula is C24H34N2O5S2. The van der Waals surface area contributed by atoms with E-state index in [0.717, 1.165) is 29.9 Å². The van der Waals surface area contributed by atoms with E-state index in [1.54, 1.807) is 13.8 Å². The molecule has 0 aromatic heterocycles. The Morgan fingerprint density at radius 2 is 1.94 bits per heavy atom. The Morgan fingerprint density at radius 3 is 2.58 bits per heavy atom. The van der Waals surface area contributed by atoms with Crippen molar-refractivity contribution in [3.63, 3.8) is 0 Å². The van der Waals surface area contributed by atoms with E-state index in [2.05, 4.69) is 5.32 Å². The number of esters is 1. The number of ether oxygens (including phenoxy) is 1. The predicted molar refractivity (Wildman–Crippen MR) is 132 cm³/mol. The highest BCUT2D eigenvalue weighted by Crippen LogP contribution is 2.49. The molecule has 0 bridgehead atoms. The molecule has 0 radical (unpaired) electrons. The van der Waals surface area contributed by atoms with E-state index in [4.69, 9.17) is 4.74 Å². The Bertz CT molecular complexity index is 816. The van der Waals surface area contributed by atoms with Crippen molar-refractivity contribution in [2.24, 2.45) is 0 Å². The van der Waals surface area contributed by atoms with Gasteiger partial charge in [-0.2, -0.15) is 0 Å². The van der Waals surface area contributed by atoms with E-state index in [-0.39, 0.29) is 16.6 Å². The van der Waals surface area contributed by atoms with Crippen molar-refractivity contribution >= 4 is 41.4 Å². The Hall–Kier alpha value is -1.71. The largest absolute Gasteiger partial charge is 0.480 e. The van der Waals surface area contributed by atoms with Gasteiger partial charge < -0.3 is 14.7 Å². The SMILES string of the molecule is CCOC(=O)[C@H](CCc1ccccc1)NC(C)C(=O)N1CC2(CC[C@H]1C(=O)O)SCCCS2. The Labute approximate surface area is 204 Å². The third-order valence-electron chi connectivity index (χ3n) is 6.13. The molecule has 33 heavy (non-hydrogen) atoms. The molecule has 1 unspecified atom stereocenters. The molecule has 182 valence electrons. The van der Waals surface area contributed by atoms with Crippen LogP contribution in [0.5, 0.6) is 0 Å². The number of nitrogens with zero attached hydrogens (tertiary/aromatic N) is 1. The molecule has 2 N–H and O–H groups in total. The van der Waals surface area contributed by atoms with Gasteiger partial charge in [0.1, 0.15) is 12.1 Å². The quantitative estimate of drug-likeness (QED) is 0.506. The van der Waals surface area contributed by atoms with Crippen LogP contribution in [0.4, 0.5) is 0 Å². The van der Waals surface area contributed by atoms with Gasteiger partial charge in [0.25, 0.3) is 0 Å². The second-order valence-electron chi connectivity index (χ2n) is 8.54. The lowest BCUT2D eigenvalue weighted by Crippen LogP contribution is -2.60. The standard InChI is InChI=1S/C24H34N2O5S2/c1-3-31-23(30)19(11-10-18-8-5-4-6-9-18)25-17(2)21(27)26-16-24(32-14-7-15-33-24)13-12-20(26)22(28)29/h4-6,8-9,17,19-20,25H,3,7,10-16H2,1-2H3,(H,28,29)/t17?,19-,20-/m0/s1. The number of nitrogens with one attached hydrogen (secondary N) is 1. The van der Waals surface area contributed by atoms with Gasteiger partial charge in [-0.05, 0) is 63.0 Å². The molecule has 2 aliphatic heterocycles. The summed E-state index contributed by atoms with van der Waals surface area (Å²) < 4.78 is 5.11. The lowest BCUT2D eigenvalue weighted by molar-refractivity contribution is -0.153. The number of amides is 1. The number of hydrogen-bond acceptors (Lipinski definition) is 7. The average Bonchev–Trinajstić information content (AvgIpc) is 2.82. The zero-order valence-electron chi connectivity index (χ0n) is 19.3. The summed E-state index contributed by atoms with van der Waals surface area (Å²) in [6.07, 6.45) is 3.51. The fraction of sp³-hybridized carbons (Fsp3) is 0.625. The Balaban J connectivity index is 1.70. The van der Waals surface area contributed by atoms with Gasteiger partial charge in [0.2, 0.25) is 5.91 Å². The topological polar surface area (TPSA) is 95.9 Å². The zero-order chi connectivity index (χ0) is 23.8. The lowest BCUT2D eigenvalue weighted by Gasteiger charge is -2.47. The summed E-state index contributed by atoms with van der Waals surface area (Å²) >= 11 is 3.69. The van der Waals surface area contributed by atoms with Gasteiger partial charge >= 0.3 is 11.9 Å². The number of thioether (sulfide) groups is 2. The van der Waals surface area contributed by atoms with Crippen LogP contribution in [0.2, 0.25) is 0 Å². The highest BCUT2D eigenvalue weighted by Gasteiger charge is 2.46. The van der Waals surface area contributed by atoms with Gasteiger partial charge in [0, 0.05) is 6.54 Å². The van der Waals surface area contributed by atoms with Crippen molar-refractivity contribution in [2.45, 2.75) is 68.2 Å². The van der Waals surface area contributed by atoms with Crippen LogP contribution < -0.4 is 5.32 Å². The maximum absolute atomic E-state index is 13.5. The van der Waals surface area contributed by atoms with Crippen molar-refractivity contribution < 1.29 is 24.2 Å². The number of piperidine rings is 1. The van der Waals surface area contributed by atoms with Gasteiger partial charge in [0.05, 0.1) is 16.7 Å². The van der Waals surface area contributed by atoms with Gasteiger partial charge in [-0.3, -0.25) is 14.9 Å². The first-order valence-corrected chi connectivity index (χ1v) is 13.6. The van der Waals surface area contributed by atoms with Crippen molar-refractivity contribution in [1.29, 1.82) is 0 Å². The summed E-state index contributed by atoms with van der Waals surface area (Å²) in [6, 6.07) is 7.67. The highest BCUT2D eigenvalue weighted by molar-refractivity contribution is 8.18. The number of aryl methyl sites for hydroxylation is 1. The summed E-state index contributed by atoms with van der Waals surface area (Å²) in [5.74, 6) is 0.427. The molecule has 2 heterocycles. The minimum absolute atomic E-state index is 0.132. The molecule has 0 aliphatic carbocycles. The normalized spacial score (nSPS) is 21.9. The van der Waals surface area contributed by atoms with Gasteiger partial charge in [0.15, 0.2) is 0 Å². The number of carbonyl (C=O) groups excluding carboxylic acids is 2. The minimum atomic E-state index is -0.970. The van der Waals surface area contributed by atoms with Crippen LogP contribution >= 0.6 is 23.5 Å². The summed E-state index contributed by atoms with van der Waals surface area (Å²) in [4.78, 5) is 39.5. The monoisotopic (exact) mass is 494 g/mol. The van der Waals surface area contributed by atoms with Crippen LogP contribution in [0.25, 0.3) is 0 Å². The van der Waals surface area contributed by atoms with E-state index in [9.17, 15) is 19.5 Å². The van der Waals surface area contributed by atoms with E-state index < -0.39 is 30.1 Å². The third kappa shape index (κ3) is 6.90. The molecule has 2 fully saturated rings. The number of likely N-dealkylation sites (tertiary alicyclic amines) is 1. The Kier molecular flexibility index (Phi) is 9.52.